The second kappa shape index (κ2) is 6.41. The van der Waals surface area contributed by atoms with Gasteiger partial charge in [0.25, 0.3) is 5.91 Å². The normalized spacial score (nSPS) is 32.4. The average Bonchev–Trinajstić information content (AvgIpc) is 3.18. The Labute approximate surface area is 164 Å². The van der Waals surface area contributed by atoms with Gasteiger partial charge >= 0.3 is 0 Å². The van der Waals surface area contributed by atoms with Crippen LogP contribution in [0, 0.1) is 11.2 Å². The molecule has 148 valence electrons. The number of aromatic nitrogens is 1. The molecule has 4 atom stereocenters. The third-order valence-electron chi connectivity index (χ3n) is 7.39. The van der Waals surface area contributed by atoms with Crippen molar-refractivity contribution in [3.63, 3.8) is 0 Å². The topological polar surface area (TPSA) is 49.6 Å². The van der Waals surface area contributed by atoms with Gasteiger partial charge in [-0.2, -0.15) is 0 Å². The third kappa shape index (κ3) is 2.54. The fourth-order valence-corrected chi connectivity index (χ4v) is 6.00. The highest BCUT2D eigenvalue weighted by Gasteiger charge is 2.58. The van der Waals surface area contributed by atoms with Gasteiger partial charge < -0.3 is 9.42 Å². The first kappa shape index (κ1) is 17.9. The van der Waals surface area contributed by atoms with E-state index in [1.807, 2.05) is 4.90 Å². The molecular weight excluding hydrogens is 357 g/mol. The number of halogens is 1. The Morgan fingerprint density at radius 3 is 2.79 bits per heavy atom. The van der Waals surface area contributed by atoms with Gasteiger partial charge in [0.2, 0.25) is 5.76 Å². The van der Waals surface area contributed by atoms with Gasteiger partial charge in [-0.15, -0.1) is 0 Å². The van der Waals surface area contributed by atoms with Crippen molar-refractivity contribution in [2.75, 3.05) is 13.6 Å². The fourth-order valence-electron chi connectivity index (χ4n) is 6.00. The second-order valence-corrected chi connectivity index (χ2v) is 8.86. The van der Waals surface area contributed by atoms with E-state index in [0.717, 1.165) is 25.8 Å². The quantitative estimate of drug-likeness (QED) is 0.788. The van der Waals surface area contributed by atoms with Crippen molar-refractivity contribution in [1.82, 2.24) is 15.0 Å². The summed E-state index contributed by atoms with van der Waals surface area (Å²) in [7, 11) is 2.21. The van der Waals surface area contributed by atoms with E-state index in [1.165, 1.54) is 18.9 Å². The van der Waals surface area contributed by atoms with Gasteiger partial charge in [0.15, 0.2) is 0 Å². The van der Waals surface area contributed by atoms with Crippen LogP contribution in [0.2, 0.25) is 0 Å². The molecule has 1 aliphatic carbocycles. The highest BCUT2D eigenvalue weighted by Crippen LogP contribution is 2.52. The average molecular weight is 383 g/mol. The van der Waals surface area contributed by atoms with Gasteiger partial charge in [-0.3, -0.25) is 9.69 Å². The van der Waals surface area contributed by atoms with E-state index in [2.05, 4.69) is 24.0 Å². The van der Waals surface area contributed by atoms with Crippen LogP contribution in [0.3, 0.4) is 0 Å². The number of hydrogen-bond acceptors (Lipinski definition) is 4. The Morgan fingerprint density at radius 1 is 1.25 bits per heavy atom. The van der Waals surface area contributed by atoms with Crippen LogP contribution in [0.25, 0.3) is 11.3 Å². The van der Waals surface area contributed by atoms with Crippen LogP contribution in [0.5, 0.6) is 0 Å². The maximum Gasteiger partial charge on any atom is 0.292 e. The Balaban J connectivity index is 1.47. The fraction of sp³-hybridized carbons (Fsp3) is 0.545. The minimum absolute atomic E-state index is 0.119. The van der Waals surface area contributed by atoms with Crippen LogP contribution < -0.4 is 0 Å². The molecule has 5 nitrogen and oxygen atoms in total. The minimum Gasteiger partial charge on any atom is -0.350 e. The lowest BCUT2D eigenvalue weighted by Crippen LogP contribution is -2.55. The van der Waals surface area contributed by atoms with Crippen LogP contribution in [0.1, 0.15) is 49.6 Å². The Morgan fingerprint density at radius 2 is 2.00 bits per heavy atom. The van der Waals surface area contributed by atoms with Gasteiger partial charge in [-0.25, -0.2) is 4.39 Å². The summed E-state index contributed by atoms with van der Waals surface area (Å²) in [5, 5.41) is 3.97. The van der Waals surface area contributed by atoms with Crippen LogP contribution in [0.4, 0.5) is 4.39 Å². The zero-order chi connectivity index (χ0) is 19.5. The molecule has 0 unspecified atom stereocenters. The molecule has 3 heterocycles. The summed E-state index contributed by atoms with van der Waals surface area (Å²) in [6.07, 6.45) is 5.76. The van der Waals surface area contributed by atoms with Crippen molar-refractivity contribution in [1.29, 1.82) is 0 Å². The summed E-state index contributed by atoms with van der Waals surface area (Å²) in [6.45, 7) is 3.08. The summed E-state index contributed by atoms with van der Waals surface area (Å²) in [6, 6.07) is 9.14. The van der Waals surface area contributed by atoms with Crippen molar-refractivity contribution in [2.24, 2.45) is 5.41 Å². The number of likely N-dealkylation sites (N-methyl/N-ethyl adjacent to an activating group) is 1. The number of rotatable bonds is 2. The number of likely N-dealkylation sites (tertiary alicyclic amines) is 2. The number of carbonyl (C=O) groups excluding carboxylic acids is 1. The highest BCUT2D eigenvalue weighted by atomic mass is 19.1. The zero-order valence-corrected chi connectivity index (χ0v) is 16.4. The molecule has 2 aliphatic heterocycles. The molecule has 1 aromatic carbocycles. The number of nitrogens with zero attached hydrogens (tertiary/aromatic N) is 3. The molecule has 0 N–H and O–H groups in total. The van der Waals surface area contributed by atoms with E-state index < -0.39 is 0 Å². The summed E-state index contributed by atoms with van der Waals surface area (Å²) < 4.78 is 19.5. The van der Waals surface area contributed by atoms with Crippen molar-refractivity contribution in [3.8, 4) is 11.3 Å². The first-order valence-corrected chi connectivity index (χ1v) is 10.2. The van der Waals surface area contributed by atoms with Crippen LogP contribution in [-0.4, -0.2) is 52.6 Å². The maximum absolute atomic E-state index is 14.1. The predicted octanol–water partition coefficient (Wildman–Crippen LogP) is 3.96. The molecule has 6 heteroatoms. The molecule has 1 amide bonds. The number of piperidine rings is 1. The van der Waals surface area contributed by atoms with Crippen molar-refractivity contribution < 1.29 is 13.7 Å². The molecule has 1 aromatic heterocycles. The van der Waals surface area contributed by atoms with Crippen molar-refractivity contribution >= 4 is 5.91 Å². The maximum atomic E-state index is 14.1. The van der Waals surface area contributed by atoms with Crippen LogP contribution in [0.15, 0.2) is 34.9 Å². The summed E-state index contributed by atoms with van der Waals surface area (Å²) >= 11 is 0. The molecule has 2 saturated heterocycles. The molecule has 3 fully saturated rings. The molecule has 2 aromatic rings. The van der Waals surface area contributed by atoms with E-state index in [1.54, 1.807) is 24.3 Å². The summed E-state index contributed by atoms with van der Waals surface area (Å²) in [5.41, 5.74) is 0.840. The van der Waals surface area contributed by atoms with Gasteiger partial charge in [0.05, 0.1) is 0 Å². The third-order valence-corrected chi connectivity index (χ3v) is 7.39. The number of amides is 1. The van der Waals surface area contributed by atoms with Gasteiger partial charge in [-0.05, 0) is 38.4 Å². The zero-order valence-electron chi connectivity index (χ0n) is 16.4. The lowest BCUT2D eigenvalue weighted by atomic mass is 9.71. The van der Waals surface area contributed by atoms with Crippen LogP contribution >= 0.6 is 0 Å². The standard InChI is InChI=1S/C22H26FN3O2/c1-22-12-14-13-26(20(22)10-6-5-9-19(22)25(14)2)21(27)18-11-17(24-28-18)15-7-3-4-8-16(15)23/h3-4,7-8,11,14,19-20H,5-6,9-10,12-13H2,1-2H3/t14-,19-,20+,22-/m0/s1. The summed E-state index contributed by atoms with van der Waals surface area (Å²) in [4.78, 5) is 17.9. The first-order valence-electron chi connectivity index (χ1n) is 10.2. The Kier molecular flexibility index (Phi) is 4.09. The monoisotopic (exact) mass is 383 g/mol. The molecular formula is C22H26FN3O2. The molecule has 1 saturated carbocycles. The van der Waals surface area contributed by atoms with E-state index in [0.29, 0.717) is 23.3 Å². The predicted molar refractivity (Wildman–Crippen MR) is 103 cm³/mol. The largest absolute Gasteiger partial charge is 0.350 e. The van der Waals surface area contributed by atoms with E-state index in [4.69, 9.17) is 4.52 Å². The molecule has 0 radical (unpaired) electrons. The lowest BCUT2D eigenvalue weighted by Gasteiger charge is -2.46. The minimum atomic E-state index is -0.369. The molecule has 2 bridgehead atoms. The number of fused-ring (bicyclic) bond motifs is 1. The van der Waals surface area contributed by atoms with Gasteiger partial charge in [0, 0.05) is 41.7 Å². The van der Waals surface area contributed by atoms with Crippen LogP contribution in [-0.2, 0) is 0 Å². The van der Waals surface area contributed by atoms with Gasteiger partial charge in [-0.1, -0.05) is 37.1 Å². The summed E-state index contributed by atoms with van der Waals surface area (Å²) in [5.74, 6) is -0.287. The van der Waals surface area contributed by atoms with Gasteiger partial charge in [0.1, 0.15) is 11.5 Å². The molecule has 3 aliphatic rings. The molecule has 0 spiro atoms. The molecule has 5 rings (SSSR count). The highest BCUT2D eigenvalue weighted by molar-refractivity contribution is 5.93. The second-order valence-electron chi connectivity index (χ2n) is 8.86. The SMILES string of the molecule is CN1[C@@H]2CN(C(=O)c3cc(-c4ccccc4F)no3)[C@@H]3CCCC[C@H]1[C@]3(C)C2. The van der Waals surface area contributed by atoms with E-state index in [-0.39, 0.29) is 28.9 Å². The smallest absolute Gasteiger partial charge is 0.292 e. The Hall–Kier alpha value is -2.21. The Bertz CT molecular complexity index is 913. The lowest BCUT2D eigenvalue weighted by molar-refractivity contribution is 0.0252. The molecule has 28 heavy (non-hydrogen) atoms. The van der Waals surface area contributed by atoms with E-state index in [9.17, 15) is 9.18 Å². The number of hydrogen-bond donors (Lipinski definition) is 0. The number of benzene rings is 1. The number of carbonyl (C=O) groups is 1. The first-order chi connectivity index (χ1) is 13.5. The van der Waals surface area contributed by atoms with E-state index >= 15 is 0 Å². The van der Waals surface area contributed by atoms with Crippen molar-refractivity contribution in [3.05, 3.63) is 41.9 Å². The van der Waals surface area contributed by atoms with Crippen molar-refractivity contribution in [2.45, 2.75) is 57.2 Å².